The number of aliphatic imine (C=N–C) groups is 1. The highest BCUT2D eigenvalue weighted by molar-refractivity contribution is 6.09. The number of benzene rings is 1. The maximum absolute atomic E-state index is 13.6. The summed E-state index contributed by atoms with van der Waals surface area (Å²) in [6.07, 6.45) is 2.54. The molecule has 29 heavy (non-hydrogen) atoms. The van der Waals surface area contributed by atoms with Gasteiger partial charge in [-0.1, -0.05) is 18.2 Å². The zero-order chi connectivity index (χ0) is 20.3. The Morgan fingerprint density at radius 3 is 2.90 bits per heavy atom. The van der Waals surface area contributed by atoms with Crippen LogP contribution in [0.3, 0.4) is 0 Å². The van der Waals surface area contributed by atoms with Gasteiger partial charge in [0.15, 0.2) is 0 Å². The molecule has 3 fully saturated rings. The number of hydrogen-bond acceptors (Lipinski definition) is 6. The van der Waals surface area contributed by atoms with Crippen molar-refractivity contribution < 1.29 is 23.9 Å². The minimum atomic E-state index is -0.782. The Morgan fingerprint density at radius 1 is 1.34 bits per heavy atom. The van der Waals surface area contributed by atoms with Gasteiger partial charge >= 0.3 is 5.97 Å². The van der Waals surface area contributed by atoms with Crippen LogP contribution in [0.5, 0.6) is 0 Å². The van der Waals surface area contributed by atoms with Crippen LogP contribution in [0.4, 0.5) is 5.69 Å². The maximum atomic E-state index is 13.6. The van der Waals surface area contributed by atoms with E-state index in [9.17, 15) is 9.59 Å². The van der Waals surface area contributed by atoms with E-state index in [4.69, 9.17) is 19.3 Å². The third-order valence-electron chi connectivity index (χ3n) is 7.00. The van der Waals surface area contributed by atoms with Gasteiger partial charge in [0.25, 0.3) is 5.91 Å². The van der Waals surface area contributed by atoms with Gasteiger partial charge in [0.2, 0.25) is 0 Å². The topological polar surface area (TPSA) is 77.4 Å². The number of methoxy groups -OCH3 is 1. The smallest absolute Gasteiger partial charge is 0.330 e. The summed E-state index contributed by atoms with van der Waals surface area (Å²) in [5.74, 6) is -0.0512. The van der Waals surface area contributed by atoms with Gasteiger partial charge in [-0.3, -0.25) is 14.6 Å². The summed E-state index contributed by atoms with van der Waals surface area (Å²) in [7, 11) is 2.89. The number of esters is 1. The van der Waals surface area contributed by atoms with Crippen LogP contribution in [0.25, 0.3) is 0 Å². The van der Waals surface area contributed by atoms with Gasteiger partial charge in [0.1, 0.15) is 5.41 Å². The number of carbonyl (C=O) groups is 2. The first kappa shape index (κ1) is 18.5. The lowest BCUT2D eigenvalue weighted by Gasteiger charge is -2.38. The minimum Gasteiger partial charge on any atom is -0.466 e. The van der Waals surface area contributed by atoms with Crippen LogP contribution in [0, 0.1) is 11.8 Å². The van der Waals surface area contributed by atoms with Crippen molar-refractivity contribution in [2.75, 3.05) is 25.9 Å². The average Bonchev–Trinajstić information content (AvgIpc) is 3.09. The summed E-state index contributed by atoms with van der Waals surface area (Å²) in [5.41, 5.74) is 2.76. The minimum absolute atomic E-state index is 0.0303. The Kier molecular flexibility index (Phi) is 4.15. The molecule has 0 unspecified atom stereocenters. The van der Waals surface area contributed by atoms with E-state index < -0.39 is 5.41 Å². The Balaban J connectivity index is 1.59. The van der Waals surface area contributed by atoms with Crippen molar-refractivity contribution in [3.63, 3.8) is 0 Å². The van der Waals surface area contributed by atoms with Crippen molar-refractivity contribution in [3.05, 3.63) is 41.5 Å². The fourth-order valence-electron chi connectivity index (χ4n) is 5.71. The quantitative estimate of drug-likeness (QED) is 0.578. The van der Waals surface area contributed by atoms with Gasteiger partial charge in [0.05, 0.1) is 38.7 Å². The molecule has 1 aliphatic carbocycles. The summed E-state index contributed by atoms with van der Waals surface area (Å²) in [4.78, 5) is 35.8. The highest BCUT2D eigenvalue weighted by atomic mass is 16.7. The lowest BCUT2D eigenvalue weighted by molar-refractivity contribution is -0.137. The molecule has 1 aromatic carbocycles. The van der Waals surface area contributed by atoms with Crippen LogP contribution >= 0.6 is 0 Å². The fourth-order valence-corrected chi connectivity index (χ4v) is 5.71. The first-order valence-corrected chi connectivity index (χ1v) is 9.95. The molecule has 4 aliphatic heterocycles. The number of para-hydroxylation sites is 1. The van der Waals surface area contributed by atoms with E-state index >= 15 is 0 Å². The van der Waals surface area contributed by atoms with Gasteiger partial charge in [-0.15, -0.1) is 0 Å². The number of ether oxygens (including phenoxy) is 2. The SMILES string of the molecule is COC(=O)C=C(C)C1=N[C@H]2C[C@@]3(C(=O)N(OC)c4ccccc43)[C@H]3C[C@@H]1[C@@H]2CO3. The standard InChI is InChI=1S/C22H24N2O5/c1-12(8-19(25)27-2)20-13-9-18-22(10-16(23-20)14(13)11-29-18)15-6-4-5-7-17(15)24(28-3)21(22)26/h4-8,13-14,16,18H,9-11H2,1-3H3/t13-,14+,16+,18-,22+/m1/s1. The second-order valence-electron chi connectivity index (χ2n) is 8.23. The summed E-state index contributed by atoms with van der Waals surface area (Å²) in [6.45, 7) is 2.47. The normalized spacial score (nSPS) is 35.0. The highest BCUT2D eigenvalue weighted by Gasteiger charge is 2.64. The molecular weight excluding hydrogens is 372 g/mol. The van der Waals surface area contributed by atoms with Crippen molar-refractivity contribution in [1.82, 2.24) is 0 Å². The molecule has 5 atom stereocenters. The van der Waals surface area contributed by atoms with E-state index in [1.54, 1.807) is 0 Å². The maximum Gasteiger partial charge on any atom is 0.330 e. The van der Waals surface area contributed by atoms with E-state index in [1.165, 1.54) is 25.4 Å². The molecule has 7 heteroatoms. The largest absolute Gasteiger partial charge is 0.466 e. The Bertz CT molecular complexity index is 954. The average molecular weight is 396 g/mol. The van der Waals surface area contributed by atoms with Crippen molar-refractivity contribution >= 4 is 23.3 Å². The molecule has 1 spiro atoms. The Labute approximate surface area is 169 Å². The number of rotatable bonds is 3. The van der Waals surface area contributed by atoms with Crippen molar-refractivity contribution in [2.24, 2.45) is 16.8 Å². The van der Waals surface area contributed by atoms with Gasteiger partial charge in [-0.2, -0.15) is 5.06 Å². The zero-order valence-electron chi connectivity index (χ0n) is 16.8. The summed E-state index contributed by atoms with van der Waals surface area (Å²) < 4.78 is 11.1. The molecule has 152 valence electrons. The fraction of sp³-hybridized carbons (Fsp3) is 0.500. The van der Waals surface area contributed by atoms with E-state index in [-0.39, 0.29) is 35.9 Å². The second-order valence-corrected chi connectivity index (χ2v) is 8.23. The molecule has 0 N–H and O–H groups in total. The van der Waals surface area contributed by atoms with E-state index in [2.05, 4.69) is 0 Å². The molecule has 1 amide bonds. The van der Waals surface area contributed by atoms with E-state index in [0.29, 0.717) is 19.4 Å². The molecule has 0 radical (unpaired) electrons. The predicted molar refractivity (Wildman–Crippen MR) is 106 cm³/mol. The molecule has 5 aliphatic rings. The second kappa shape index (κ2) is 6.50. The molecule has 1 saturated carbocycles. The van der Waals surface area contributed by atoms with Crippen LogP contribution in [0.1, 0.15) is 25.3 Å². The zero-order valence-corrected chi connectivity index (χ0v) is 16.8. The van der Waals surface area contributed by atoms with Crippen LogP contribution in [0.2, 0.25) is 0 Å². The predicted octanol–water partition coefficient (Wildman–Crippen LogP) is 2.20. The van der Waals surface area contributed by atoms with Crippen LogP contribution < -0.4 is 5.06 Å². The Hall–Kier alpha value is -2.51. The molecule has 7 nitrogen and oxygen atoms in total. The third-order valence-corrected chi connectivity index (χ3v) is 7.00. The highest BCUT2D eigenvalue weighted by Crippen LogP contribution is 2.56. The van der Waals surface area contributed by atoms with Crippen LogP contribution in [-0.2, 0) is 29.3 Å². The lowest BCUT2D eigenvalue weighted by atomic mass is 9.71. The molecule has 4 bridgehead atoms. The van der Waals surface area contributed by atoms with Crippen LogP contribution in [-0.4, -0.2) is 50.6 Å². The van der Waals surface area contributed by atoms with Gasteiger partial charge in [-0.05, 0) is 37.0 Å². The summed E-state index contributed by atoms with van der Waals surface area (Å²) in [5, 5.41) is 1.40. The summed E-state index contributed by atoms with van der Waals surface area (Å²) >= 11 is 0. The van der Waals surface area contributed by atoms with Gasteiger partial charge in [0, 0.05) is 23.6 Å². The number of amides is 1. The van der Waals surface area contributed by atoms with Crippen molar-refractivity contribution in [3.8, 4) is 0 Å². The number of carbonyl (C=O) groups excluding carboxylic acids is 2. The first-order valence-electron chi connectivity index (χ1n) is 9.95. The number of fused-ring (bicyclic) bond motifs is 2. The molecule has 0 aromatic heterocycles. The molecular formula is C22H24N2O5. The third kappa shape index (κ3) is 2.40. The molecule has 1 aromatic rings. The van der Waals surface area contributed by atoms with Gasteiger partial charge in [-0.25, -0.2) is 4.79 Å². The number of hydrogen-bond donors (Lipinski definition) is 0. The number of allylic oxidation sites excluding steroid dienone is 1. The summed E-state index contributed by atoms with van der Waals surface area (Å²) in [6, 6.07) is 7.77. The number of nitrogens with zero attached hydrogens (tertiary/aromatic N) is 2. The number of anilines is 1. The lowest BCUT2D eigenvalue weighted by Crippen LogP contribution is -2.51. The van der Waals surface area contributed by atoms with E-state index in [1.807, 2.05) is 31.2 Å². The molecule has 4 heterocycles. The first-order chi connectivity index (χ1) is 14.0. The molecule has 2 saturated heterocycles. The monoisotopic (exact) mass is 396 g/mol. The molecule has 6 rings (SSSR count). The van der Waals surface area contributed by atoms with Gasteiger partial charge < -0.3 is 9.47 Å². The van der Waals surface area contributed by atoms with Crippen LogP contribution in [0.15, 0.2) is 40.9 Å². The Morgan fingerprint density at radius 2 is 2.14 bits per heavy atom. The van der Waals surface area contributed by atoms with Crippen molar-refractivity contribution in [2.45, 2.75) is 37.3 Å². The van der Waals surface area contributed by atoms with Crippen molar-refractivity contribution in [1.29, 1.82) is 0 Å². The number of hydroxylamine groups is 1. The van der Waals surface area contributed by atoms with E-state index in [0.717, 1.165) is 22.5 Å².